The molecule has 26 heavy (non-hydrogen) atoms. The van der Waals surface area contributed by atoms with E-state index >= 15 is 0 Å². The van der Waals surface area contributed by atoms with Crippen LogP contribution in [0.25, 0.3) is 5.65 Å². The fourth-order valence-corrected chi connectivity index (χ4v) is 3.44. The third-order valence-corrected chi connectivity index (χ3v) is 4.97. The second kappa shape index (κ2) is 7.74. The number of aryl methyl sites for hydroxylation is 3. The summed E-state index contributed by atoms with van der Waals surface area (Å²) in [5, 5.41) is 2.92. The van der Waals surface area contributed by atoms with Gasteiger partial charge in [-0.3, -0.25) is 14.0 Å². The SMILES string of the molecule is Cc1ccc(NC(=O)CSCc2cc(=O)n3cc(C)ccc3n2)c(C)c1. The van der Waals surface area contributed by atoms with Crippen LogP contribution in [0.15, 0.2) is 47.4 Å². The molecule has 1 amide bonds. The van der Waals surface area contributed by atoms with Crippen LogP contribution in [0, 0.1) is 20.8 Å². The Balaban J connectivity index is 1.61. The quantitative estimate of drug-likeness (QED) is 0.750. The molecule has 2 aromatic heterocycles. The predicted molar refractivity (Wildman–Crippen MR) is 107 cm³/mol. The smallest absolute Gasteiger partial charge is 0.258 e. The molecule has 0 saturated carbocycles. The number of hydrogen-bond donors (Lipinski definition) is 1. The lowest BCUT2D eigenvalue weighted by Crippen LogP contribution is -2.17. The van der Waals surface area contributed by atoms with Crippen molar-refractivity contribution in [2.75, 3.05) is 11.1 Å². The van der Waals surface area contributed by atoms with E-state index in [1.54, 1.807) is 6.20 Å². The molecule has 3 aromatic rings. The maximum Gasteiger partial charge on any atom is 0.258 e. The van der Waals surface area contributed by atoms with Gasteiger partial charge in [-0.15, -0.1) is 11.8 Å². The van der Waals surface area contributed by atoms with E-state index in [2.05, 4.69) is 10.3 Å². The second-order valence-corrected chi connectivity index (χ2v) is 7.37. The van der Waals surface area contributed by atoms with E-state index in [1.165, 1.54) is 27.8 Å². The fourth-order valence-electron chi connectivity index (χ4n) is 2.72. The highest BCUT2D eigenvalue weighted by Gasteiger charge is 2.07. The van der Waals surface area contributed by atoms with Crippen LogP contribution in [-0.4, -0.2) is 21.0 Å². The number of carbonyl (C=O) groups excluding carboxylic acids is 1. The summed E-state index contributed by atoms with van der Waals surface area (Å²) in [5.74, 6) is 0.762. The molecule has 0 bridgehead atoms. The van der Waals surface area contributed by atoms with E-state index in [9.17, 15) is 9.59 Å². The molecule has 6 heteroatoms. The van der Waals surface area contributed by atoms with E-state index in [-0.39, 0.29) is 11.5 Å². The van der Waals surface area contributed by atoms with Crippen LogP contribution in [0.5, 0.6) is 0 Å². The standard InChI is InChI=1S/C20H21N3O2S/c1-13-4-6-17(15(3)8-13)22-19(24)12-26-11-16-9-20(25)23-10-14(2)5-7-18(23)21-16/h4-10H,11-12H2,1-3H3,(H,22,24). The Bertz CT molecular complexity index is 1030. The average molecular weight is 367 g/mol. The zero-order chi connectivity index (χ0) is 18.7. The van der Waals surface area contributed by atoms with Crippen molar-refractivity contribution in [3.63, 3.8) is 0 Å². The summed E-state index contributed by atoms with van der Waals surface area (Å²) in [6.07, 6.45) is 1.78. The molecule has 0 aliphatic rings. The number of fused-ring (bicyclic) bond motifs is 1. The number of pyridine rings is 1. The monoisotopic (exact) mass is 367 g/mol. The molecule has 0 spiro atoms. The Morgan fingerprint density at radius 2 is 1.88 bits per heavy atom. The van der Waals surface area contributed by atoms with Gasteiger partial charge in [-0.05, 0) is 44.0 Å². The Morgan fingerprint density at radius 1 is 1.12 bits per heavy atom. The minimum Gasteiger partial charge on any atom is -0.325 e. The Kier molecular flexibility index (Phi) is 5.42. The normalized spacial score (nSPS) is 10.9. The average Bonchev–Trinajstić information content (AvgIpc) is 2.58. The number of rotatable bonds is 5. The number of nitrogens with one attached hydrogen (secondary N) is 1. The molecule has 2 heterocycles. The summed E-state index contributed by atoms with van der Waals surface area (Å²) in [4.78, 5) is 28.8. The Morgan fingerprint density at radius 3 is 2.65 bits per heavy atom. The van der Waals surface area contributed by atoms with Crippen molar-refractivity contribution in [1.29, 1.82) is 0 Å². The zero-order valence-electron chi connectivity index (χ0n) is 15.1. The number of aromatic nitrogens is 2. The van der Waals surface area contributed by atoms with E-state index in [0.717, 1.165) is 16.8 Å². The Labute approximate surface area is 156 Å². The van der Waals surface area contributed by atoms with Crippen molar-refractivity contribution >= 4 is 29.0 Å². The highest BCUT2D eigenvalue weighted by Crippen LogP contribution is 2.17. The molecule has 0 unspecified atom stereocenters. The zero-order valence-corrected chi connectivity index (χ0v) is 15.9. The molecule has 0 radical (unpaired) electrons. The van der Waals surface area contributed by atoms with E-state index < -0.39 is 0 Å². The lowest BCUT2D eigenvalue weighted by atomic mass is 10.1. The topological polar surface area (TPSA) is 63.5 Å². The molecule has 0 aliphatic heterocycles. The first-order valence-electron chi connectivity index (χ1n) is 8.36. The first-order chi connectivity index (χ1) is 12.4. The summed E-state index contributed by atoms with van der Waals surface area (Å²) >= 11 is 1.44. The van der Waals surface area contributed by atoms with Gasteiger partial charge in [0.25, 0.3) is 5.56 Å². The second-order valence-electron chi connectivity index (χ2n) is 6.38. The number of nitrogens with zero attached hydrogens (tertiary/aromatic N) is 2. The highest BCUT2D eigenvalue weighted by atomic mass is 32.2. The highest BCUT2D eigenvalue weighted by molar-refractivity contribution is 7.99. The third kappa shape index (κ3) is 4.32. The van der Waals surface area contributed by atoms with E-state index in [1.807, 2.05) is 51.1 Å². The number of benzene rings is 1. The van der Waals surface area contributed by atoms with E-state index in [4.69, 9.17) is 0 Å². The largest absolute Gasteiger partial charge is 0.325 e. The van der Waals surface area contributed by atoms with Gasteiger partial charge >= 0.3 is 0 Å². The van der Waals surface area contributed by atoms with Gasteiger partial charge in [-0.25, -0.2) is 4.98 Å². The molecular formula is C20H21N3O2S. The van der Waals surface area contributed by atoms with Gasteiger partial charge in [0.1, 0.15) is 5.65 Å². The third-order valence-electron chi connectivity index (χ3n) is 4.00. The fraction of sp³-hybridized carbons (Fsp3) is 0.250. The van der Waals surface area contributed by atoms with Gasteiger partial charge in [0.05, 0.1) is 11.4 Å². The minimum absolute atomic E-state index is 0.0601. The van der Waals surface area contributed by atoms with Crippen molar-refractivity contribution in [1.82, 2.24) is 9.38 Å². The van der Waals surface area contributed by atoms with Gasteiger partial charge in [-0.1, -0.05) is 23.8 Å². The molecule has 1 aromatic carbocycles. The van der Waals surface area contributed by atoms with Crippen LogP contribution in [0.1, 0.15) is 22.4 Å². The van der Waals surface area contributed by atoms with Crippen molar-refractivity contribution in [2.24, 2.45) is 0 Å². The van der Waals surface area contributed by atoms with Crippen LogP contribution in [-0.2, 0) is 10.5 Å². The van der Waals surface area contributed by atoms with E-state index in [0.29, 0.717) is 22.8 Å². The number of thioether (sulfide) groups is 1. The van der Waals surface area contributed by atoms with Crippen LogP contribution >= 0.6 is 11.8 Å². The number of amides is 1. The molecule has 3 rings (SSSR count). The summed E-state index contributed by atoms with van der Waals surface area (Å²) in [6.45, 7) is 5.93. The predicted octanol–water partition coefficient (Wildman–Crippen LogP) is 3.49. The summed E-state index contributed by atoms with van der Waals surface area (Å²) in [5.41, 5.74) is 5.25. The van der Waals surface area contributed by atoms with Gasteiger partial charge in [0, 0.05) is 23.7 Å². The summed E-state index contributed by atoms with van der Waals surface area (Å²) < 4.78 is 1.54. The van der Waals surface area contributed by atoms with Crippen LogP contribution < -0.4 is 10.9 Å². The first kappa shape index (κ1) is 18.2. The van der Waals surface area contributed by atoms with Crippen molar-refractivity contribution < 1.29 is 4.79 Å². The van der Waals surface area contributed by atoms with Crippen molar-refractivity contribution in [3.05, 3.63) is 75.3 Å². The van der Waals surface area contributed by atoms with Gasteiger partial charge in [-0.2, -0.15) is 0 Å². The molecule has 0 fully saturated rings. The molecule has 0 saturated heterocycles. The van der Waals surface area contributed by atoms with Gasteiger partial charge < -0.3 is 5.32 Å². The van der Waals surface area contributed by atoms with Crippen LogP contribution in [0.2, 0.25) is 0 Å². The molecule has 1 N–H and O–H groups in total. The summed E-state index contributed by atoms with van der Waals surface area (Å²) in [7, 11) is 0. The van der Waals surface area contributed by atoms with Crippen LogP contribution in [0.4, 0.5) is 5.69 Å². The molecule has 0 aliphatic carbocycles. The van der Waals surface area contributed by atoms with Gasteiger partial charge in [0.15, 0.2) is 0 Å². The number of anilines is 1. The maximum absolute atomic E-state index is 12.2. The maximum atomic E-state index is 12.2. The number of hydrogen-bond acceptors (Lipinski definition) is 4. The molecule has 134 valence electrons. The first-order valence-corrected chi connectivity index (χ1v) is 9.51. The minimum atomic E-state index is -0.103. The lowest BCUT2D eigenvalue weighted by molar-refractivity contribution is -0.113. The molecule has 5 nitrogen and oxygen atoms in total. The molecule has 0 atom stereocenters. The van der Waals surface area contributed by atoms with Crippen molar-refractivity contribution in [3.8, 4) is 0 Å². The number of carbonyl (C=O) groups is 1. The van der Waals surface area contributed by atoms with Crippen LogP contribution in [0.3, 0.4) is 0 Å². The lowest BCUT2D eigenvalue weighted by Gasteiger charge is -2.09. The molecular weight excluding hydrogens is 346 g/mol. The van der Waals surface area contributed by atoms with Gasteiger partial charge in [0.2, 0.25) is 5.91 Å². The van der Waals surface area contributed by atoms with Crippen molar-refractivity contribution in [2.45, 2.75) is 26.5 Å². The summed E-state index contributed by atoms with van der Waals surface area (Å²) in [6, 6.07) is 11.2. The Hall–Kier alpha value is -2.60.